The summed E-state index contributed by atoms with van der Waals surface area (Å²) in [6.07, 6.45) is 6.85. The lowest BCUT2D eigenvalue weighted by molar-refractivity contribution is 0.0958. The third-order valence-electron chi connectivity index (χ3n) is 6.46. The van der Waals surface area contributed by atoms with Crippen molar-refractivity contribution in [3.8, 4) is 11.5 Å². The molecule has 2 heterocycles. The molecule has 3 aromatic rings. The van der Waals surface area contributed by atoms with E-state index in [0.717, 1.165) is 21.8 Å². The second-order valence-electron chi connectivity index (χ2n) is 9.28. The van der Waals surface area contributed by atoms with Crippen LogP contribution in [0.3, 0.4) is 0 Å². The maximum absolute atomic E-state index is 13.4. The lowest BCUT2D eigenvalue weighted by Gasteiger charge is -2.19. The second-order valence-corrected chi connectivity index (χ2v) is 10.5. The number of hydrogen-bond donors (Lipinski definition) is 2. The summed E-state index contributed by atoms with van der Waals surface area (Å²) in [5.41, 5.74) is 2.76. The Balaban J connectivity index is 0.000000320. The summed E-state index contributed by atoms with van der Waals surface area (Å²) < 4.78 is 5.48. The molecule has 4 nitrogen and oxygen atoms in total. The number of nitrogens with one attached hydrogen (secondary N) is 1. The number of hydrogen-bond acceptors (Lipinski definition) is 5. The lowest BCUT2D eigenvalue weighted by atomic mass is 9.85. The number of thioether (sulfide) groups is 1. The molecular weight excluding hydrogens is 478 g/mol. The molecule has 0 aromatic heterocycles. The molecule has 5 heteroatoms. The topological polar surface area (TPSA) is 58.6 Å². The Kier molecular flexibility index (Phi) is 12.1. The van der Waals surface area contributed by atoms with Crippen LogP contribution in [0.25, 0.3) is 0 Å². The molecule has 3 aromatic carbocycles. The molecule has 1 saturated heterocycles. The van der Waals surface area contributed by atoms with Gasteiger partial charge in [0.15, 0.2) is 5.78 Å². The Labute approximate surface area is 226 Å². The van der Waals surface area contributed by atoms with Gasteiger partial charge in [0.25, 0.3) is 0 Å². The first-order valence-corrected chi connectivity index (χ1v) is 14.5. The van der Waals surface area contributed by atoms with Crippen molar-refractivity contribution in [3.63, 3.8) is 0 Å². The number of carbonyl (C=O) groups excluding carboxylic acids is 1. The molecule has 0 amide bonds. The van der Waals surface area contributed by atoms with Crippen molar-refractivity contribution in [2.45, 2.75) is 68.9 Å². The van der Waals surface area contributed by atoms with E-state index in [4.69, 9.17) is 4.74 Å². The lowest BCUT2D eigenvalue weighted by Crippen LogP contribution is -2.21. The van der Waals surface area contributed by atoms with Crippen LogP contribution in [-0.4, -0.2) is 30.6 Å². The number of piperidine rings is 1. The average molecular weight is 520 g/mol. The number of phenols is 1. The monoisotopic (exact) mass is 519 g/mol. The van der Waals surface area contributed by atoms with E-state index in [1.807, 2.05) is 55.5 Å². The molecule has 37 heavy (non-hydrogen) atoms. The summed E-state index contributed by atoms with van der Waals surface area (Å²) in [5.74, 6) is 0.789. The third kappa shape index (κ3) is 8.37. The Bertz CT molecular complexity index is 1070. The molecule has 2 aliphatic rings. The van der Waals surface area contributed by atoms with E-state index in [1.165, 1.54) is 45.2 Å². The summed E-state index contributed by atoms with van der Waals surface area (Å²) in [6.45, 7) is 9.39. The van der Waals surface area contributed by atoms with Gasteiger partial charge in [-0.1, -0.05) is 69.5 Å². The van der Waals surface area contributed by atoms with Crippen LogP contribution in [0.1, 0.15) is 85.5 Å². The van der Waals surface area contributed by atoms with E-state index in [2.05, 4.69) is 31.3 Å². The van der Waals surface area contributed by atoms with Crippen molar-refractivity contribution in [1.82, 2.24) is 5.32 Å². The predicted octanol–water partition coefficient (Wildman–Crippen LogP) is 8.17. The van der Waals surface area contributed by atoms with Crippen LogP contribution >= 0.6 is 11.8 Å². The van der Waals surface area contributed by atoms with Gasteiger partial charge in [-0.2, -0.15) is 0 Å². The van der Waals surface area contributed by atoms with Gasteiger partial charge in [-0.05, 0) is 80.4 Å². The molecule has 1 fully saturated rings. The van der Waals surface area contributed by atoms with Gasteiger partial charge in [0.05, 0.1) is 12.5 Å². The summed E-state index contributed by atoms with van der Waals surface area (Å²) >= 11 is 1.64. The highest BCUT2D eigenvalue weighted by molar-refractivity contribution is 8.00. The molecule has 0 saturated carbocycles. The number of phenolic OH excluding ortho intramolecular Hbond substituents is 1. The molecule has 2 N–H and O–H groups in total. The van der Waals surface area contributed by atoms with E-state index in [1.54, 1.807) is 23.9 Å². The fourth-order valence-corrected chi connectivity index (χ4v) is 5.79. The first kappa shape index (κ1) is 28.8. The largest absolute Gasteiger partial charge is 0.508 e. The van der Waals surface area contributed by atoms with Crippen LogP contribution in [0.5, 0.6) is 11.5 Å². The van der Waals surface area contributed by atoms with Gasteiger partial charge in [0.1, 0.15) is 11.5 Å². The molecule has 2 aliphatic heterocycles. The molecule has 0 bridgehead atoms. The minimum atomic E-state index is -0.286. The quantitative estimate of drug-likeness (QED) is 0.322. The summed E-state index contributed by atoms with van der Waals surface area (Å²) in [5, 5.41) is 13.1. The second kappa shape index (κ2) is 15.5. The number of carbonyl (C=O) groups is 1. The molecule has 0 aliphatic carbocycles. The predicted molar refractivity (Wildman–Crippen MR) is 155 cm³/mol. The minimum absolute atomic E-state index is 0.0120. The van der Waals surface area contributed by atoms with Crippen LogP contribution in [0.15, 0.2) is 77.7 Å². The van der Waals surface area contributed by atoms with Crippen LogP contribution in [-0.2, 0) is 0 Å². The maximum Gasteiger partial charge on any atom is 0.171 e. The number of Topliss-reactive ketones (excluding diaryl/α,β-unsaturated/α-hetero) is 1. The van der Waals surface area contributed by atoms with Crippen LogP contribution in [0.4, 0.5) is 0 Å². The van der Waals surface area contributed by atoms with Crippen molar-refractivity contribution in [3.05, 3.63) is 89.5 Å². The SMILES string of the molecule is C1CCNCC1.CCCC.CCOc1ccc(C(=O)C2c3ccc(O)cc3SC2c2ccccc2)cc1. The van der Waals surface area contributed by atoms with Crippen molar-refractivity contribution < 1.29 is 14.6 Å². The number of fused-ring (bicyclic) bond motifs is 1. The van der Waals surface area contributed by atoms with Gasteiger partial charge >= 0.3 is 0 Å². The Morgan fingerprint density at radius 1 is 0.919 bits per heavy atom. The molecule has 198 valence electrons. The van der Waals surface area contributed by atoms with Crippen LogP contribution < -0.4 is 10.1 Å². The van der Waals surface area contributed by atoms with E-state index >= 15 is 0 Å². The highest BCUT2D eigenvalue weighted by Gasteiger charge is 2.39. The van der Waals surface area contributed by atoms with E-state index in [0.29, 0.717) is 12.2 Å². The van der Waals surface area contributed by atoms with Gasteiger partial charge in [-0.3, -0.25) is 4.79 Å². The van der Waals surface area contributed by atoms with Gasteiger partial charge in [0, 0.05) is 15.7 Å². The standard InChI is InChI=1S/C23H20O3S.C5H11N.C4H10/c1-2-26-18-11-8-15(9-12-18)22(25)21-19-13-10-17(24)14-20(19)27-23(21)16-6-4-3-5-7-16;1-2-4-6-5-3-1;1-3-4-2/h3-14,21,23-24H,2H2,1H3;6H,1-5H2;3-4H2,1-2H3. The molecule has 2 unspecified atom stereocenters. The third-order valence-corrected chi connectivity index (χ3v) is 7.86. The van der Waals surface area contributed by atoms with Gasteiger partial charge in [-0.15, -0.1) is 11.8 Å². The zero-order chi connectivity index (χ0) is 26.5. The first-order valence-electron chi connectivity index (χ1n) is 13.6. The smallest absolute Gasteiger partial charge is 0.171 e. The van der Waals surface area contributed by atoms with Gasteiger partial charge < -0.3 is 15.2 Å². The number of rotatable bonds is 6. The average Bonchev–Trinajstić information content (AvgIpc) is 3.34. The zero-order valence-electron chi connectivity index (χ0n) is 22.4. The van der Waals surface area contributed by atoms with E-state index in [-0.39, 0.29) is 22.7 Å². The summed E-state index contributed by atoms with van der Waals surface area (Å²) in [7, 11) is 0. The number of aromatic hydroxyl groups is 1. The Morgan fingerprint density at radius 2 is 1.59 bits per heavy atom. The highest BCUT2D eigenvalue weighted by atomic mass is 32.2. The van der Waals surface area contributed by atoms with E-state index in [9.17, 15) is 9.90 Å². The molecule has 2 atom stereocenters. The molecular formula is C32H41NO3S. The van der Waals surface area contributed by atoms with Gasteiger partial charge in [-0.25, -0.2) is 0 Å². The Morgan fingerprint density at radius 3 is 2.14 bits per heavy atom. The maximum atomic E-state index is 13.4. The van der Waals surface area contributed by atoms with Crippen LogP contribution in [0.2, 0.25) is 0 Å². The number of ketones is 1. The first-order chi connectivity index (χ1) is 18.1. The van der Waals surface area contributed by atoms with Crippen LogP contribution in [0, 0.1) is 0 Å². The fraction of sp³-hybridized carbons (Fsp3) is 0.406. The van der Waals surface area contributed by atoms with E-state index < -0.39 is 0 Å². The molecule has 5 rings (SSSR count). The van der Waals surface area contributed by atoms with Crippen molar-refractivity contribution in [1.29, 1.82) is 0 Å². The molecule has 0 spiro atoms. The normalized spacial score (nSPS) is 17.9. The van der Waals surface area contributed by atoms with Crippen molar-refractivity contribution in [2.75, 3.05) is 19.7 Å². The minimum Gasteiger partial charge on any atom is -0.508 e. The summed E-state index contributed by atoms with van der Waals surface area (Å²) in [6, 6.07) is 22.7. The molecule has 0 radical (unpaired) electrons. The zero-order valence-corrected chi connectivity index (χ0v) is 23.2. The van der Waals surface area contributed by atoms with Gasteiger partial charge in [0.2, 0.25) is 0 Å². The fourth-order valence-electron chi connectivity index (χ4n) is 4.30. The summed E-state index contributed by atoms with van der Waals surface area (Å²) in [4.78, 5) is 14.4. The Hall–Kier alpha value is -2.76. The highest BCUT2D eigenvalue weighted by Crippen LogP contribution is 2.56. The number of unbranched alkanes of at least 4 members (excludes halogenated alkanes) is 1. The van der Waals surface area contributed by atoms with Crippen molar-refractivity contribution in [2.24, 2.45) is 0 Å². The number of ether oxygens (including phenoxy) is 1. The van der Waals surface area contributed by atoms with Crippen molar-refractivity contribution >= 4 is 17.5 Å². The number of benzene rings is 3.